The van der Waals surface area contributed by atoms with Crippen LogP contribution in [0, 0.1) is 17.1 Å². The van der Waals surface area contributed by atoms with Gasteiger partial charge < -0.3 is 10.1 Å². The van der Waals surface area contributed by atoms with E-state index in [1.807, 2.05) is 13.0 Å². The second kappa shape index (κ2) is 7.76. The van der Waals surface area contributed by atoms with Crippen LogP contribution in [0.4, 0.5) is 10.1 Å². The van der Waals surface area contributed by atoms with E-state index in [2.05, 4.69) is 5.32 Å². The molecule has 0 spiro atoms. The summed E-state index contributed by atoms with van der Waals surface area (Å²) in [5, 5.41) is 11.7. The standard InChI is InChI=1S/C18H15FN2O2/c1-2-23-17-9-3-13(4-10-17)11-14(12-20)18(22)21-16-7-5-15(19)6-8-16/h3-11H,2H2,1H3,(H,21,22)/b14-11+. The topological polar surface area (TPSA) is 62.1 Å². The maximum absolute atomic E-state index is 12.8. The molecule has 0 radical (unpaired) electrons. The number of carbonyl (C=O) groups is 1. The molecule has 2 rings (SSSR count). The number of anilines is 1. The van der Waals surface area contributed by atoms with Gasteiger partial charge in [-0.15, -0.1) is 0 Å². The Hall–Kier alpha value is -3.13. The summed E-state index contributed by atoms with van der Waals surface area (Å²) in [6.45, 7) is 2.46. The summed E-state index contributed by atoms with van der Waals surface area (Å²) < 4.78 is 18.2. The van der Waals surface area contributed by atoms with Crippen molar-refractivity contribution in [3.8, 4) is 11.8 Å². The molecule has 0 fully saturated rings. The van der Waals surface area contributed by atoms with Crippen molar-refractivity contribution in [1.82, 2.24) is 0 Å². The van der Waals surface area contributed by atoms with Crippen molar-refractivity contribution in [3.05, 3.63) is 65.5 Å². The maximum Gasteiger partial charge on any atom is 0.266 e. The monoisotopic (exact) mass is 310 g/mol. The van der Waals surface area contributed by atoms with Crippen LogP contribution in [0.25, 0.3) is 6.08 Å². The summed E-state index contributed by atoms with van der Waals surface area (Å²) in [5.74, 6) is -0.222. The number of carbonyl (C=O) groups excluding carboxylic acids is 1. The summed E-state index contributed by atoms with van der Waals surface area (Å²) in [5.41, 5.74) is 1.09. The number of nitriles is 1. The smallest absolute Gasteiger partial charge is 0.266 e. The van der Waals surface area contributed by atoms with Crippen molar-refractivity contribution in [3.63, 3.8) is 0 Å². The van der Waals surface area contributed by atoms with Gasteiger partial charge in [-0.25, -0.2) is 4.39 Å². The number of nitrogens with zero attached hydrogens (tertiary/aromatic N) is 1. The third-order valence-electron chi connectivity index (χ3n) is 2.97. The molecule has 5 heteroatoms. The average Bonchev–Trinajstić information content (AvgIpc) is 2.56. The molecule has 23 heavy (non-hydrogen) atoms. The lowest BCUT2D eigenvalue weighted by Gasteiger charge is -2.05. The summed E-state index contributed by atoms with van der Waals surface area (Å²) in [4.78, 5) is 12.1. The number of amides is 1. The van der Waals surface area contributed by atoms with E-state index in [-0.39, 0.29) is 5.57 Å². The first-order chi connectivity index (χ1) is 11.1. The molecule has 0 aliphatic carbocycles. The number of rotatable bonds is 5. The first-order valence-corrected chi connectivity index (χ1v) is 7.04. The molecule has 0 saturated heterocycles. The van der Waals surface area contributed by atoms with E-state index in [9.17, 15) is 9.18 Å². The van der Waals surface area contributed by atoms with Crippen LogP contribution < -0.4 is 10.1 Å². The van der Waals surface area contributed by atoms with E-state index in [0.717, 1.165) is 5.75 Å². The summed E-state index contributed by atoms with van der Waals surface area (Å²) in [6.07, 6.45) is 1.48. The van der Waals surface area contributed by atoms with Crippen molar-refractivity contribution in [2.75, 3.05) is 11.9 Å². The van der Waals surface area contributed by atoms with Gasteiger partial charge in [0.15, 0.2) is 0 Å². The minimum atomic E-state index is -0.548. The number of nitrogens with one attached hydrogen (secondary N) is 1. The molecule has 0 saturated carbocycles. The molecule has 0 atom stereocenters. The molecule has 2 aromatic rings. The highest BCUT2D eigenvalue weighted by Crippen LogP contribution is 2.16. The van der Waals surface area contributed by atoms with Crippen LogP contribution in [0.2, 0.25) is 0 Å². The first-order valence-electron chi connectivity index (χ1n) is 7.04. The van der Waals surface area contributed by atoms with Gasteiger partial charge in [0.2, 0.25) is 0 Å². The van der Waals surface area contributed by atoms with Gasteiger partial charge in [0.25, 0.3) is 5.91 Å². The summed E-state index contributed by atoms with van der Waals surface area (Å²) >= 11 is 0. The number of ether oxygens (including phenoxy) is 1. The molecular formula is C18H15FN2O2. The van der Waals surface area contributed by atoms with Gasteiger partial charge in [-0.05, 0) is 55.0 Å². The molecule has 0 aliphatic heterocycles. The van der Waals surface area contributed by atoms with Crippen LogP contribution in [0.5, 0.6) is 5.75 Å². The van der Waals surface area contributed by atoms with E-state index in [1.165, 1.54) is 30.3 Å². The van der Waals surface area contributed by atoms with Gasteiger partial charge in [-0.2, -0.15) is 5.26 Å². The zero-order valence-electron chi connectivity index (χ0n) is 12.5. The normalized spacial score (nSPS) is 10.7. The largest absolute Gasteiger partial charge is 0.494 e. The molecule has 0 heterocycles. The molecule has 0 aromatic heterocycles. The molecule has 0 aliphatic rings. The molecule has 4 nitrogen and oxygen atoms in total. The Morgan fingerprint density at radius 3 is 2.43 bits per heavy atom. The van der Waals surface area contributed by atoms with Crippen LogP contribution in [-0.2, 0) is 4.79 Å². The number of hydrogen-bond acceptors (Lipinski definition) is 3. The molecule has 2 aromatic carbocycles. The van der Waals surface area contributed by atoms with Crippen molar-refractivity contribution >= 4 is 17.7 Å². The predicted octanol–water partition coefficient (Wildman–Crippen LogP) is 3.77. The fraction of sp³-hybridized carbons (Fsp3) is 0.111. The zero-order chi connectivity index (χ0) is 16.7. The van der Waals surface area contributed by atoms with E-state index in [0.29, 0.717) is 17.9 Å². The Morgan fingerprint density at radius 2 is 1.87 bits per heavy atom. The quantitative estimate of drug-likeness (QED) is 0.675. The minimum absolute atomic E-state index is 0.0431. The lowest BCUT2D eigenvalue weighted by Crippen LogP contribution is -2.13. The van der Waals surface area contributed by atoms with Gasteiger partial charge in [-0.3, -0.25) is 4.79 Å². The lowest BCUT2D eigenvalue weighted by molar-refractivity contribution is -0.112. The number of hydrogen-bond donors (Lipinski definition) is 1. The van der Waals surface area contributed by atoms with Crippen molar-refractivity contribution in [1.29, 1.82) is 5.26 Å². The first kappa shape index (κ1) is 16.2. The van der Waals surface area contributed by atoms with E-state index >= 15 is 0 Å². The third-order valence-corrected chi connectivity index (χ3v) is 2.97. The Labute approximate surface area is 133 Å². The maximum atomic E-state index is 12.8. The van der Waals surface area contributed by atoms with Gasteiger partial charge in [0, 0.05) is 5.69 Å². The van der Waals surface area contributed by atoms with Gasteiger partial charge >= 0.3 is 0 Å². The molecule has 1 amide bonds. The highest BCUT2D eigenvalue weighted by Gasteiger charge is 2.09. The van der Waals surface area contributed by atoms with Crippen LogP contribution in [0.1, 0.15) is 12.5 Å². The molecule has 116 valence electrons. The van der Waals surface area contributed by atoms with Crippen molar-refractivity contribution in [2.24, 2.45) is 0 Å². The Kier molecular flexibility index (Phi) is 5.48. The minimum Gasteiger partial charge on any atom is -0.494 e. The van der Waals surface area contributed by atoms with E-state index < -0.39 is 11.7 Å². The SMILES string of the molecule is CCOc1ccc(/C=C(\C#N)C(=O)Nc2ccc(F)cc2)cc1. The average molecular weight is 310 g/mol. The van der Waals surface area contributed by atoms with E-state index in [4.69, 9.17) is 10.00 Å². The number of halogens is 1. The lowest BCUT2D eigenvalue weighted by atomic mass is 10.1. The number of benzene rings is 2. The second-order valence-electron chi connectivity index (χ2n) is 4.63. The highest BCUT2D eigenvalue weighted by atomic mass is 19.1. The van der Waals surface area contributed by atoms with Crippen LogP contribution in [0.15, 0.2) is 54.1 Å². The summed E-state index contributed by atoms with van der Waals surface area (Å²) in [7, 11) is 0. The highest BCUT2D eigenvalue weighted by molar-refractivity contribution is 6.09. The summed E-state index contributed by atoms with van der Waals surface area (Å²) in [6, 6.07) is 14.2. The van der Waals surface area contributed by atoms with Crippen LogP contribution in [-0.4, -0.2) is 12.5 Å². The Balaban J connectivity index is 2.12. The second-order valence-corrected chi connectivity index (χ2v) is 4.63. The fourth-order valence-electron chi connectivity index (χ4n) is 1.87. The van der Waals surface area contributed by atoms with Gasteiger partial charge in [0.1, 0.15) is 23.2 Å². The van der Waals surface area contributed by atoms with Gasteiger partial charge in [0.05, 0.1) is 6.61 Å². The Bertz CT molecular complexity index is 744. The Morgan fingerprint density at radius 1 is 1.22 bits per heavy atom. The molecular weight excluding hydrogens is 295 g/mol. The van der Waals surface area contributed by atoms with Crippen molar-refractivity contribution in [2.45, 2.75) is 6.92 Å². The fourth-order valence-corrected chi connectivity index (χ4v) is 1.87. The zero-order valence-corrected chi connectivity index (χ0v) is 12.5. The molecule has 0 bridgehead atoms. The van der Waals surface area contributed by atoms with Crippen LogP contribution in [0.3, 0.4) is 0 Å². The molecule has 0 unspecified atom stereocenters. The van der Waals surface area contributed by atoms with Gasteiger partial charge in [-0.1, -0.05) is 12.1 Å². The molecule has 1 N–H and O–H groups in total. The predicted molar refractivity (Wildman–Crippen MR) is 86.2 cm³/mol. The van der Waals surface area contributed by atoms with E-state index in [1.54, 1.807) is 24.3 Å². The van der Waals surface area contributed by atoms with Crippen LogP contribution >= 0.6 is 0 Å². The van der Waals surface area contributed by atoms with Crippen molar-refractivity contribution < 1.29 is 13.9 Å². The third kappa shape index (κ3) is 4.68.